The van der Waals surface area contributed by atoms with Crippen molar-refractivity contribution in [2.24, 2.45) is 0 Å². The lowest BCUT2D eigenvalue weighted by atomic mass is 10.3. The number of hydrogen-bond donors (Lipinski definition) is 1. The predicted molar refractivity (Wildman–Crippen MR) is 85.4 cm³/mol. The van der Waals surface area contributed by atoms with Crippen molar-refractivity contribution in [3.05, 3.63) is 52.8 Å². The van der Waals surface area contributed by atoms with Crippen molar-refractivity contribution in [1.82, 2.24) is 9.88 Å². The lowest BCUT2D eigenvalue weighted by Crippen LogP contribution is -2.31. The van der Waals surface area contributed by atoms with Gasteiger partial charge in [0.05, 0.1) is 25.0 Å². The second-order valence-electron chi connectivity index (χ2n) is 4.45. The second-order valence-corrected chi connectivity index (χ2v) is 5.37. The number of methoxy groups -OCH3 is 1. The molecular formula is C15H16BrN3O2. The molecule has 0 aliphatic heterocycles. The van der Waals surface area contributed by atoms with Gasteiger partial charge in [-0.2, -0.15) is 0 Å². The Morgan fingerprint density at radius 2 is 2.19 bits per heavy atom. The zero-order valence-electron chi connectivity index (χ0n) is 11.8. The molecule has 0 saturated heterocycles. The molecule has 0 radical (unpaired) electrons. The molecule has 0 atom stereocenters. The number of nitrogens with one attached hydrogen (secondary N) is 1. The molecule has 1 N–H and O–H groups in total. The van der Waals surface area contributed by atoms with E-state index in [0.717, 1.165) is 10.2 Å². The van der Waals surface area contributed by atoms with Crippen LogP contribution in [0.3, 0.4) is 0 Å². The third-order valence-corrected chi connectivity index (χ3v) is 3.37. The Hall–Kier alpha value is -2.08. The van der Waals surface area contributed by atoms with Gasteiger partial charge in [-0.1, -0.05) is 22.0 Å². The number of pyridine rings is 1. The topological polar surface area (TPSA) is 54.5 Å². The van der Waals surface area contributed by atoms with E-state index in [-0.39, 0.29) is 6.03 Å². The first-order valence-electron chi connectivity index (χ1n) is 6.35. The Morgan fingerprint density at radius 1 is 1.38 bits per heavy atom. The number of aromatic nitrogens is 1. The number of hydrogen-bond acceptors (Lipinski definition) is 3. The molecule has 1 aromatic heterocycles. The highest BCUT2D eigenvalue weighted by molar-refractivity contribution is 9.10. The summed E-state index contributed by atoms with van der Waals surface area (Å²) in [5.74, 6) is 0.609. The first-order valence-corrected chi connectivity index (χ1v) is 7.15. The van der Waals surface area contributed by atoms with Crippen LogP contribution in [0.2, 0.25) is 0 Å². The first-order chi connectivity index (χ1) is 10.1. The molecule has 0 aliphatic carbocycles. The van der Waals surface area contributed by atoms with Crippen molar-refractivity contribution in [2.75, 3.05) is 19.5 Å². The molecule has 2 aromatic rings. The largest absolute Gasteiger partial charge is 0.495 e. The van der Waals surface area contributed by atoms with Gasteiger partial charge in [-0.05, 0) is 30.3 Å². The average Bonchev–Trinajstić information content (AvgIpc) is 2.48. The summed E-state index contributed by atoms with van der Waals surface area (Å²) in [6.07, 6.45) is 1.71. The summed E-state index contributed by atoms with van der Waals surface area (Å²) in [7, 11) is 3.28. The Labute approximate surface area is 132 Å². The minimum absolute atomic E-state index is 0.225. The van der Waals surface area contributed by atoms with Crippen molar-refractivity contribution in [1.29, 1.82) is 0 Å². The van der Waals surface area contributed by atoms with Crippen LogP contribution in [0.25, 0.3) is 0 Å². The fourth-order valence-corrected chi connectivity index (χ4v) is 2.16. The average molecular weight is 350 g/mol. The summed E-state index contributed by atoms with van der Waals surface area (Å²) < 4.78 is 6.10. The first kappa shape index (κ1) is 15.3. The molecule has 0 saturated carbocycles. The number of carbonyl (C=O) groups is 1. The lowest BCUT2D eigenvalue weighted by molar-refractivity contribution is 0.220. The third-order valence-electron chi connectivity index (χ3n) is 2.88. The summed E-state index contributed by atoms with van der Waals surface area (Å²) in [5.41, 5.74) is 1.45. The zero-order chi connectivity index (χ0) is 15.2. The summed E-state index contributed by atoms with van der Waals surface area (Å²) in [6.45, 7) is 0.434. The van der Waals surface area contributed by atoms with Crippen LogP contribution >= 0.6 is 15.9 Å². The number of amides is 2. The molecule has 1 heterocycles. The molecule has 110 valence electrons. The van der Waals surface area contributed by atoms with E-state index >= 15 is 0 Å². The van der Waals surface area contributed by atoms with Crippen LogP contribution in [0.15, 0.2) is 47.1 Å². The van der Waals surface area contributed by atoms with Crippen LogP contribution in [0.4, 0.5) is 10.5 Å². The van der Waals surface area contributed by atoms with Crippen LogP contribution in [0, 0.1) is 0 Å². The number of rotatable bonds is 4. The molecule has 6 heteroatoms. The van der Waals surface area contributed by atoms with E-state index in [1.807, 2.05) is 24.3 Å². The van der Waals surface area contributed by atoms with E-state index in [1.165, 1.54) is 0 Å². The summed E-state index contributed by atoms with van der Waals surface area (Å²) in [4.78, 5) is 18.0. The van der Waals surface area contributed by atoms with Crippen LogP contribution in [-0.4, -0.2) is 30.1 Å². The lowest BCUT2D eigenvalue weighted by Gasteiger charge is -2.18. The highest BCUT2D eigenvalue weighted by Crippen LogP contribution is 2.28. The smallest absolute Gasteiger partial charge is 0.322 e. The Bertz CT molecular complexity index is 620. The molecule has 1 aromatic carbocycles. The summed E-state index contributed by atoms with van der Waals surface area (Å²) >= 11 is 3.38. The number of halogens is 1. The molecule has 0 fully saturated rings. The van der Waals surface area contributed by atoms with Gasteiger partial charge in [-0.25, -0.2) is 4.79 Å². The summed E-state index contributed by atoms with van der Waals surface area (Å²) in [6, 6.07) is 10.8. The van der Waals surface area contributed by atoms with Crippen molar-refractivity contribution in [3.8, 4) is 5.75 Å². The van der Waals surface area contributed by atoms with Gasteiger partial charge >= 0.3 is 6.03 Å². The Morgan fingerprint density at radius 3 is 2.86 bits per heavy atom. The fourth-order valence-electron chi connectivity index (χ4n) is 1.79. The van der Waals surface area contributed by atoms with Gasteiger partial charge in [-0.15, -0.1) is 0 Å². The quantitative estimate of drug-likeness (QED) is 0.918. The fraction of sp³-hybridized carbons (Fsp3) is 0.200. The van der Waals surface area contributed by atoms with Crippen molar-refractivity contribution in [3.63, 3.8) is 0 Å². The number of benzene rings is 1. The molecule has 2 amide bonds. The van der Waals surface area contributed by atoms with Crippen LogP contribution in [0.5, 0.6) is 5.75 Å². The van der Waals surface area contributed by atoms with Crippen molar-refractivity contribution < 1.29 is 9.53 Å². The molecule has 0 aliphatic rings. The van der Waals surface area contributed by atoms with Crippen LogP contribution < -0.4 is 10.1 Å². The van der Waals surface area contributed by atoms with E-state index in [2.05, 4.69) is 26.2 Å². The number of nitrogens with zero attached hydrogens (tertiary/aromatic N) is 2. The van der Waals surface area contributed by atoms with E-state index in [9.17, 15) is 4.79 Å². The van der Waals surface area contributed by atoms with E-state index in [4.69, 9.17) is 4.74 Å². The maximum atomic E-state index is 12.2. The number of anilines is 1. The molecule has 0 unspecified atom stereocenters. The number of ether oxygens (including phenoxy) is 1. The minimum atomic E-state index is -0.225. The van der Waals surface area contributed by atoms with Crippen LogP contribution in [-0.2, 0) is 6.54 Å². The minimum Gasteiger partial charge on any atom is -0.495 e. The van der Waals surface area contributed by atoms with Gasteiger partial charge in [-0.3, -0.25) is 4.98 Å². The third kappa shape index (κ3) is 4.19. The molecule has 21 heavy (non-hydrogen) atoms. The molecule has 0 bridgehead atoms. The van der Waals surface area contributed by atoms with E-state index in [1.54, 1.807) is 37.4 Å². The van der Waals surface area contributed by atoms with Gasteiger partial charge < -0.3 is 15.0 Å². The van der Waals surface area contributed by atoms with E-state index in [0.29, 0.717) is 18.0 Å². The molecule has 2 rings (SSSR count). The normalized spacial score (nSPS) is 10.0. The van der Waals surface area contributed by atoms with Gasteiger partial charge in [0.15, 0.2) is 0 Å². The SMILES string of the molecule is COc1ccc(Br)cc1NC(=O)N(C)Cc1ccccn1. The van der Waals surface area contributed by atoms with Crippen LogP contribution in [0.1, 0.15) is 5.69 Å². The number of carbonyl (C=O) groups excluding carboxylic acids is 1. The molecule has 0 spiro atoms. The van der Waals surface area contributed by atoms with Gasteiger partial charge in [0.2, 0.25) is 0 Å². The maximum absolute atomic E-state index is 12.2. The maximum Gasteiger partial charge on any atom is 0.322 e. The molecular weight excluding hydrogens is 334 g/mol. The monoisotopic (exact) mass is 349 g/mol. The predicted octanol–water partition coefficient (Wildman–Crippen LogP) is 3.52. The Kier molecular flexibility index (Phi) is 5.16. The zero-order valence-corrected chi connectivity index (χ0v) is 13.4. The van der Waals surface area contributed by atoms with Gasteiger partial charge in [0, 0.05) is 17.7 Å². The number of urea groups is 1. The second kappa shape index (κ2) is 7.08. The van der Waals surface area contributed by atoms with Gasteiger partial charge in [0.25, 0.3) is 0 Å². The molecule has 5 nitrogen and oxygen atoms in total. The van der Waals surface area contributed by atoms with Crippen molar-refractivity contribution >= 4 is 27.6 Å². The van der Waals surface area contributed by atoms with E-state index < -0.39 is 0 Å². The highest BCUT2D eigenvalue weighted by Gasteiger charge is 2.12. The van der Waals surface area contributed by atoms with Crippen molar-refractivity contribution in [2.45, 2.75) is 6.54 Å². The standard InChI is InChI=1S/C15H16BrN3O2/c1-19(10-12-5-3-4-8-17-12)15(20)18-13-9-11(16)6-7-14(13)21-2/h3-9H,10H2,1-2H3,(H,18,20). The summed E-state index contributed by atoms with van der Waals surface area (Å²) in [5, 5.41) is 2.83. The van der Waals surface area contributed by atoms with Gasteiger partial charge in [0.1, 0.15) is 5.75 Å². The Balaban J connectivity index is 2.05. The highest BCUT2D eigenvalue weighted by atomic mass is 79.9.